The van der Waals surface area contributed by atoms with Crippen LogP contribution in [0.2, 0.25) is 5.02 Å². The molecule has 3 aromatic rings. The third-order valence-electron chi connectivity index (χ3n) is 3.66. The van der Waals surface area contributed by atoms with Crippen molar-refractivity contribution in [3.05, 3.63) is 70.6 Å². The molecule has 5 heteroatoms. The summed E-state index contributed by atoms with van der Waals surface area (Å²) in [6.07, 6.45) is 0. The minimum Gasteiger partial charge on any atom is -0.347 e. The summed E-state index contributed by atoms with van der Waals surface area (Å²) in [6, 6.07) is 13.7. The van der Waals surface area contributed by atoms with Gasteiger partial charge in [0.1, 0.15) is 11.5 Å². The molecule has 0 aliphatic rings. The van der Waals surface area contributed by atoms with Gasteiger partial charge in [0.2, 0.25) is 0 Å². The lowest BCUT2D eigenvalue weighted by atomic mass is 10.2. The highest BCUT2D eigenvalue weighted by molar-refractivity contribution is 6.31. The van der Waals surface area contributed by atoms with E-state index in [-0.39, 0.29) is 11.7 Å². The number of aromatic nitrogens is 1. The van der Waals surface area contributed by atoms with Crippen LogP contribution in [0.25, 0.3) is 10.9 Å². The second-order valence-corrected chi connectivity index (χ2v) is 5.44. The molecule has 0 bridgehead atoms. The average Bonchev–Trinajstić information content (AvgIpc) is 2.85. The van der Waals surface area contributed by atoms with Crippen molar-refractivity contribution in [2.75, 3.05) is 0 Å². The fourth-order valence-corrected chi connectivity index (χ4v) is 2.65. The number of hydrogen-bond acceptors (Lipinski definition) is 1. The number of hydrogen-bond donors (Lipinski definition) is 1. The Morgan fingerprint density at radius 3 is 2.73 bits per heavy atom. The number of rotatable bonds is 3. The third kappa shape index (κ3) is 2.57. The molecule has 3 nitrogen and oxygen atoms in total. The van der Waals surface area contributed by atoms with Crippen molar-refractivity contribution in [3.63, 3.8) is 0 Å². The Balaban J connectivity index is 1.85. The monoisotopic (exact) mass is 316 g/mol. The summed E-state index contributed by atoms with van der Waals surface area (Å²) in [4.78, 5) is 12.3. The van der Waals surface area contributed by atoms with Crippen molar-refractivity contribution < 1.29 is 9.18 Å². The summed E-state index contributed by atoms with van der Waals surface area (Å²) in [5.41, 5.74) is 1.93. The van der Waals surface area contributed by atoms with E-state index < -0.39 is 0 Å². The molecule has 1 amide bonds. The number of carbonyl (C=O) groups excluding carboxylic acids is 1. The van der Waals surface area contributed by atoms with Crippen molar-refractivity contribution in [3.8, 4) is 0 Å². The molecule has 1 aromatic heterocycles. The second-order valence-electron chi connectivity index (χ2n) is 5.04. The van der Waals surface area contributed by atoms with Gasteiger partial charge in [-0.1, -0.05) is 35.9 Å². The maximum Gasteiger partial charge on any atom is 0.268 e. The number of fused-ring (bicyclic) bond motifs is 1. The molecule has 2 aromatic carbocycles. The molecule has 1 heterocycles. The molecule has 112 valence electrons. The highest BCUT2D eigenvalue weighted by Gasteiger charge is 2.15. The summed E-state index contributed by atoms with van der Waals surface area (Å²) in [5.74, 6) is -0.601. The zero-order valence-corrected chi connectivity index (χ0v) is 12.7. The van der Waals surface area contributed by atoms with Crippen LogP contribution in [0, 0.1) is 5.82 Å². The lowest BCUT2D eigenvalue weighted by Crippen LogP contribution is -2.24. The van der Waals surface area contributed by atoms with Crippen molar-refractivity contribution in [2.24, 2.45) is 7.05 Å². The van der Waals surface area contributed by atoms with Crippen LogP contribution in [0.1, 0.15) is 16.1 Å². The molecule has 1 N–H and O–H groups in total. The largest absolute Gasteiger partial charge is 0.347 e. The van der Waals surface area contributed by atoms with Gasteiger partial charge in [-0.25, -0.2) is 4.39 Å². The van der Waals surface area contributed by atoms with Gasteiger partial charge in [0.15, 0.2) is 0 Å². The van der Waals surface area contributed by atoms with Crippen LogP contribution in [0.15, 0.2) is 48.5 Å². The van der Waals surface area contributed by atoms with Crippen molar-refractivity contribution in [1.29, 1.82) is 0 Å². The van der Waals surface area contributed by atoms with Crippen LogP contribution in [-0.2, 0) is 13.6 Å². The van der Waals surface area contributed by atoms with Crippen LogP contribution in [0.4, 0.5) is 4.39 Å². The smallest absolute Gasteiger partial charge is 0.268 e. The molecule has 0 saturated heterocycles. The molecular weight excluding hydrogens is 303 g/mol. The summed E-state index contributed by atoms with van der Waals surface area (Å²) in [7, 11) is 1.74. The number of aryl methyl sites for hydroxylation is 1. The second kappa shape index (κ2) is 5.81. The van der Waals surface area contributed by atoms with Gasteiger partial charge in [0, 0.05) is 24.0 Å². The number of benzene rings is 2. The Hall–Kier alpha value is -2.33. The Bertz CT molecular complexity index is 857. The van der Waals surface area contributed by atoms with E-state index >= 15 is 0 Å². The van der Waals surface area contributed by atoms with Gasteiger partial charge in [-0.15, -0.1) is 0 Å². The Morgan fingerprint density at radius 2 is 2.00 bits per heavy atom. The predicted molar refractivity (Wildman–Crippen MR) is 85.5 cm³/mol. The topological polar surface area (TPSA) is 34.0 Å². The number of nitrogens with one attached hydrogen (secondary N) is 1. The van der Waals surface area contributed by atoms with Crippen molar-refractivity contribution in [2.45, 2.75) is 6.54 Å². The molecular formula is C17H14ClFN2O. The molecule has 3 rings (SSSR count). The molecule has 22 heavy (non-hydrogen) atoms. The number of carbonyl (C=O) groups is 1. The van der Waals surface area contributed by atoms with Gasteiger partial charge in [0.25, 0.3) is 5.91 Å². The summed E-state index contributed by atoms with van der Waals surface area (Å²) >= 11 is 6.06. The van der Waals surface area contributed by atoms with E-state index in [0.29, 0.717) is 28.2 Å². The lowest BCUT2D eigenvalue weighted by molar-refractivity contribution is 0.0943. The Labute approximate surface area is 132 Å². The standard InChI is InChI=1S/C17H14ClFN2O/c1-21-15-8-4-7-14(19)12(15)9-16(21)17(22)20-10-11-5-2-3-6-13(11)18/h2-9H,10H2,1H3,(H,20,22). The predicted octanol–water partition coefficient (Wildman–Crippen LogP) is 3.90. The Kier molecular flexibility index (Phi) is 3.86. The zero-order chi connectivity index (χ0) is 15.7. The van der Waals surface area contributed by atoms with Crippen LogP contribution < -0.4 is 5.32 Å². The van der Waals surface area contributed by atoms with E-state index in [1.165, 1.54) is 6.07 Å². The van der Waals surface area contributed by atoms with Gasteiger partial charge in [-0.05, 0) is 29.8 Å². The first-order chi connectivity index (χ1) is 10.6. The minimum atomic E-state index is -0.335. The van der Waals surface area contributed by atoms with Gasteiger partial charge in [0.05, 0.1) is 5.52 Å². The van der Waals surface area contributed by atoms with E-state index in [1.807, 2.05) is 18.2 Å². The fraction of sp³-hybridized carbons (Fsp3) is 0.118. The van der Waals surface area contributed by atoms with Gasteiger partial charge >= 0.3 is 0 Å². The van der Waals surface area contributed by atoms with Gasteiger partial charge in [-0.3, -0.25) is 4.79 Å². The van der Waals surface area contributed by atoms with E-state index in [1.54, 1.807) is 35.9 Å². The highest BCUT2D eigenvalue weighted by Crippen LogP contribution is 2.22. The normalized spacial score (nSPS) is 10.9. The minimum absolute atomic E-state index is 0.266. The lowest BCUT2D eigenvalue weighted by Gasteiger charge is -2.08. The fourth-order valence-electron chi connectivity index (χ4n) is 2.45. The molecule has 0 unspecified atom stereocenters. The van der Waals surface area contributed by atoms with Crippen LogP contribution >= 0.6 is 11.6 Å². The molecule has 0 spiro atoms. The maximum absolute atomic E-state index is 13.8. The molecule has 0 radical (unpaired) electrons. The first-order valence-corrected chi connectivity index (χ1v) is 7.21. The molecule has 0 fully saturated rings. The van der Waals surface area contributed by atoms with Gasteiger partial charge in [-0.2, -0.15) is 0 Å². The molecule has 0 atom stereocenters. The molecule has 0 aliphatic heterocycles. The SMILES string of the molecule is Cn1c(C(=O)NCc2ccccc2Cl)cc2c(F)cccc21. The molecule has 0 aliphatic carbocycles. The first kappa shape index (κ1) is 14.6. The third-order valence-corrected chi connectivity index (χ3v) is 4.03. The number of halogens is 2. The van der Waals surface area contributed by atoms with Crippen molar-refractivity contribution >= 4 is 28.4 Å². The summed E-state index contributed by atoms with van der Waals surface area (Å²) in [6.45, 7) is 0.322. The first-order valence-electron chi connectivity index (χ1n) is 6.83. The number of amides is 1. The van der Waals surface area contributed by atoms with E-state index in [0.717, 1.165) is 5.56 Å². The maximum atomic E-state index is 13.8. The van der Waals surface area contributed by atoms with E-state index in [4.69, 9.17) is 11.6 Å². The quantitative estimate of drug-likeness (QED) is 0.781. The average molecular weight is 317 g/mol. The summed E-state index contributed by atoms with van der Waals surface area (Å²) in [5, 5.41) is 3.85. The van der Waals surface area contributed by atoms with Crippen LogP contribution in [0.3, 0.4) is 0 Å². The Morgan fingerprint density at radius 1 is 1.23 bits per heavy atom. The van der Waals surface area contributed by atoms with Crippen LogP contribution in [0.5, 0.6) is 0 Å². The van der Waals surface area contributed by atoms with E-state index in [2.05, 4.69) is 5.32 Å². The molecule has 0 saturated carbocycles. The van der Waals surface area contributed by atoms with Crippen molar-refractivity contribution in [1.82, 2.24) is 9.88 Å². The highest BCUT2D eigenvalue weighted by atomic mass is 35.5. The number of nitrogens with zero attached hydrogens (tertiary/aromatic N) is 1. The zero-order valence-electron chi connectivity index (χ0n) is 11.9. The van der Waals surface area contributed by atoms with Crippen LogP contribution in [-0.4, -0.2) is 10.5 Å². The van der Waals surface area contributed by atoms with Gasteiger partial charge < -0.3 is 9.88 Å². The summed E-state index contributed by atoms with van der Waals surface area (Å²) < 4.78 is 15.5. The van der Waals surface area contributed by atoms with E-state index in [9.17, 15) is 9.18 Å².